The molecular weight excluding hydrogens is 335 g/mol. The Morgan fingerprint density at radius 3 is 3.00 bits per heavy atom. The van der Waals surface area contributed by atoms with Gasteiger partial charge in [-0.1, -0.05) is 29.5 Å². The zero-order chi connectivity index (χ0) is 11.0. The third kappa shape index (κ3) is 1.82. The summed E-state index contributed by atoms with van der Waals surface area (Å²) in [5.74, 6) is 1.34. The molecule has 0 spiro atoms. The lowest BCUT2D eigenvalue weighted by molar-refractivity contribution is 0.276. The maximum absolute atomic E-state index is 5.64. The number of para-hydroxylation sites is 1. The monoisotopic (exact) mass is 344 g/mol. The first-order chi connectivity index (χ1) is 7.84. The molecule has 2 heterocycles. The normalized spacial score (nSPS) is 18.9. The summed E-state index contributed by atoms with van der Waals surface area (Å²) in [5, 5.41) is 9.42. The second-order valence-electron chi connectivity index (χ2n) is 3.62. The highest BCUT2D eigenvalue weighted by Gasteiger charge is 2.25. The predicted molar refractivity (Wildman–Crippen MR) is 71.0 cm³/mol. The van der Waals surface area contributed by atoms with Crippen molar-refractivity contribution in [3.8, 4) is 5.75 Å². The summed E-state index contributed by atoms with van der Waals surface area (Å²) in [6, 6.07) is 8.19. The van der Waals surface area contributed by atoms with Crippen LogP contribution >= 0.6 is 33.9 Å². The molecule has 0 fully saturated rings. The van der Waals surface area contributed by atoms with E-state index in [0.717, 1.165) is 26.8 Å². The van der Waals surface area contributed by atoms with Crippen molar-refractivity contribution in [2.75, 3.05) is 6.61 Å². The molecule has 0 amide bonds. The summed E-state index contributed by atoms with van der Waals surface area (Å²) in [7, 11) is 0. The molecule has 0 saturated heterocycles. The van der Waals surface area contributed by atoms with Crippen LogP contribution in [0.25, 0.3) is 0 Å². The van der Waals surface area contributed by atoms with Crippen LogP contribution in [0.5, 0.6) is 5.75 Å². The number of fused-ring (bicyclic) bond motifs is 1. The van der Waals surface area contributed by atoms with Crippen LogP contribution in [0.4, 0.5) is 0 Å². The average Bonchev–Trinajstić information content (AvgIpc) is 2.75. The van der Waals surface area contributed by atoms with Crippen LogP contribution < -0.4 is 4.74 Å². The van der Waals surface area contributed by atoms with Gasteiger partial charge in [0.05, 0.1) is 6.61 Å². The van der Waals surface area contributed by atoms with E-state index in [4.69, 9.17) is 4.74 Å². The quantitative estimate of drug-likeness (QED) is 0.746. The van der Waals surface area contributed by atoms with Crippen LogP contribution in [0, 0.1) is 3.01 Å². The van der Waals surface area contributed by atoms with E-state index >= 15 is 0 Å². The fourth-order valence-corrected chi connectivity index (χ4v) is 3.46. The van der Waals surface area contributed by atoms with Gasteiger partial charge in [-0.05, 0) is 35.1 Å². The summed E-state index contributed by atoms with van der Waals surface area (Å²) in [6.07, 6.45) is 0.988. The van der Waals surface area contributed by atoms with Gasteiger partial charge < -0.3 is 4.74 Å². The first kappa shape index (κ1) is 10.5. The Kier molecular flexibility index (Phi) is 2.81. The highest BCUT2D eigenvalue weighted by atomic mass is 127. The van der Waals surface area contributed by atoms with E-state index in [0.29, 0.717) is 5.92 Å². The van der Waals surface area contributed by atoms with Gasteiger partial charge in [-0.2, -0.15) is 0 Å². The number of benzene rings is 1. The first-order valence-corrected chi connectivity index (χ1v) is 6.95. The minimum atomic E-state index is 0.353. The van der Waals surface area contributed by atoms with Gasteiger partial charge in [0.15, 0.2) is 3.01 Å². The van der Waals surface area contributed by atoms with Gasteiger partial charge in [-0.15, -0.1) is 10.2 Å². The molecule has 0 radical (unpaired) electrons. The van der Waals surface area contributed by atoms with E-state index in [-0.39, 0.29) is 0 Å². The molecule has 0 N–H and O–H groups in total. The zero-order valence-electron chi connectivity index (χ0n) is 8.39. The van der Waals surface area contributed by atoms with Crippen LogP contribution in [-0.4, -0.2) is 16.8 Å². The Labute approximate surface area is 111 Å². The van der Waals surface area contributed by atoms with Gasteiger partial charge in [0.2, 0.25) is 0 Å². The Bertz CT molecular complexity index is 514. The number of hydrogen-bond donors (Lipinski definition) is 0. The van der Waals surface area contributed by atoms with Crippen LogP contribution in [0.2, 0.25) is 0 Å². The molecule has 2 aromatic rings. The van der Waals surface area contributed by atoms with Gasteiger partial charge in [0.1, 0.15) is 10.8 Å². The van der Waals surface area contributed by atoms with E-state index in [9.17, 15) is 0 Å². The molecule has 1 aliphatic heterocycles. The van der Waals surface area contributed by atoms with Crippen LogP contribution in [0.15, 0.2) is 24.3 Å². The highest BCUT2D eigenvalue weighted by molar-refractivity contribution is 14.1. The van der Waals surface area contributed by atoms with Crippen LogP contribution in [0.1, 0.15) is 22.9 Å². The maximum Gasteiger partial charge on any atom is 0.178 e. The van der Waals surface area contributed by atoms with Gasteiger partial charge in [-0.3, -0.25) is 0 Å². The third-order valence-electron chi connectivity index (χ3n) is 2.67. The smallest absolute Gasteiger partial charge is 0.178 e. The molecule has 82 valence electrons. The summed E-state index contributed by atoms with van der Waals surface area (Å²) in [5.41, 5.74) is 1.24. The fraction of sp³-hybridized carbons (Fsp3) is 0.273. The molecule has 1 atom stereocenters. The summed E-state index contributed by atoms with van der Waals surface area (Å²) >= 11 is 3.88. The van der Waals surface area contributed by atoms with Crippen molar-refractivity contribution < 1.29 is 4.74 Å². The lowest BCUT2D eigenvalue weighted by Gasteiger charge is -2.23. The molecule has 1 aromatic carbocycles. The molecule has 3 nitrogen and oxygen atoms in total. The molecule has 0 aliphatic carbocycles. The van der Waals surface area contributed by atoms with E-state index in [1.54, 1.807) is 11.3 Å². The van der Waals surface area contributed by atoms with E-state index in [1.165, 1.54) is 5.56 Å². The van der Waals surface area contributed by atoms with Crippen molar-refractivity contribution in [1.82, 2.24) is 10.2 Å². The number of rotatable bonds is 1. The van der Waals surface area contributed by atoms with Gasteiger partial charge in [0, 0.05) is 11.5 Å². The summed E-state index contributed by atoms with van der Waals surface area (Å²) < 4.78 is 6.63. The molecule has 0 bridgehead atoms. The minimum absolute atomic E-state index is 0.353. The van der Waals surface area contributed by atoms with Gasteiger partial charge in [-0.25, -0.2) is 0 Å². The standard InChI is InChI=1S/C11H9IN2OS/c12-11-14-13-10(16-11)8-5-6-15-9-4-2-1-3-7(8)9/h1-4,8H,5-6H2. The Balaban J connectivity index is 2.04. The van der Waals surface area contributed by atoms with Crippen molar-refractivity contribution in [3.05, 3.63) is 37.9 Å². The molecule has 1 unspecified atom stereocenters. The predicted octanol–water partition coefficient (Wildman–Crippen LogP) is 3.06. The summed E-state index contributed by atoms with van der Waals surface area (Å²) in [4.78, 5) is 0. The molecule has 1 aromatic heterocycles. The molecule has 5 heteroatoms. The number of nitrogens with zero attached hydrogens (tertiary/aromatic N) is 2. The molecule has 3 rings (SSSR count). The Hall–Kier alpha value is -0.690. The number of aromatic nitrogens is 2. The van der Waals surface area contributed by atoms with Crippen molar-refractivity contribution >= 4 is 33.9 Å². The number of hydrogen-bond acceptors (Lipinski definition) is 4. The zero-order valence-corrected chi connectivity index (χ0v) is 11.4. The second kappa shape index (κ2) is 4.29. The van der Waals surface area contributed by atoms with E-state index < -0.39 is 0 Å². The topological polar surface area (TPSA) is 35.0 Å². The molecule has 16 heavy (non-hydrogen) atoms. The first-order valence-electron chi connectivity index (χ1n) is 5.05. The molecule has 1 aliphatic rings. The second-order valence-corrected chi connectivity index (χ2v) is 6.38. The summed E-state index contributed by atoms with van der Waals surface area (Å²) in [6.45, 7) is 0.762. The minimum Gasteiger partial charge on any atom is -0.493 e. The Morgan fingerprint density at radius 2 is 2.19 bits per heavy atom. The van der Waals surface area contributed by atoms with Crippen LogP contribution in [0.3, 0.4) is 0 Å². The maximum atomic E-state index is 5.64. The van der Waals surface area contributed by atoms with Crippen molar-refractivity contribution in [2.45, 2.75) is 12.3 Å². The Morgan fingerprint density at radius 1 is 1.31 bits per heavy atom. The lowest BCUT2D eigenvalue weighted by Crippen LogP contribution is -2.14. The van der Waals surface area contributed by atoms with Crippen molar-refractivity contribution in [1.29, 1.82) is 0 Å². The molecular formula is C11H9IN2OS. The fourth-order valence-electron chi connectivity index (χ4n) is 1.96. The van der Waals surface area contributed by atoms with Gasteiger partial charge in [0.25, 0.3) is 0 Å². The van der Waals surface area contributed by atoms with E-state index in [1.807, 2.05) is 18.2 Å². The highest BCUT2D eigenvalue weighted by Crippen LogP contribution is 2.38. The average molecular weight is 344 g/mol. The van der Waals surface area contributed by atoms with Gasteiger partial charge >= 0.3 is 0 Å². The van der Waals surface area contributed by atoms with Crippen molar-refractivity contribution in [2.24, 2.45) is 0 Å². The van der Waals surface area contributed by atoms with Crippen molar-refractivity contribution in [3.63, 3.8) is 0 Å². The number of ether oxygens (including phenoxy) is 1. The largest absolute Gasteiger partial charge is 0.493 e. The van der Waals surface area contributed by atoms with Crippen LogP contribution in [-0.2, 0) is 0 Å². The third-order valence-corrected chi connectivity index (χ3v) is 4.37. The molecule has 0 saturated carbocycles. The number of halogens is 1. The SMILES string of the molecule is Ic1nnc(C2CCOc3ccccc32)s1. The van der Waals surface area contributed by atoms with E-state index in [2.05, 4.69) is 38.9 Å². The lowest BCUT2D eigenvalue weighted by atomic mass is 9.94.